The third-order valence-electron chi connectivity index (χ3n) is 4.38. The van der Waals surface area contributed by atoms with Gasteiger partial charge < -0.3 is 15.4 Å². The summed E-state index contributed by atoms with van der Waals surface area (Å²) in [5.74, 6) is 0.651. The third kappa shape index (κ3) is 6.88. The monoisotopic (exact) mass is 441 g/mol. The van der Waals surface area contributed by atoms with Crippen LogP contribution in [-0.2, 0) is 10.1 Å². The summed E-state index contributed by atoms with van der Waals surface area (Å²) < 4.78 is 35.5. The molecule has 0 bridgehead atoms. The average Bonchev–Trinajstić information content (AvgIpc) is 2.97. The molecule has 8 nitrogen and oxygen atoms in total. The first-order chi connectivity index (χ1) is 13.7. The number of carbonyl (C=O) groups is 1. The van der Waals surface area contributed by atoms with Gasteiger partial charge in [0.05, 0.1) is 18.9 Å². The molecule has 3 rings (SSSR count). The lowest BCUT2D eigenvalue weighted by Gasteiger charge is -2.21. The molecule has 0 radical (unpaired) electrons. The van der Waals surface area contributed by atoms with Crippen LogP contribution in [0.2, 0.25) is 5.02 Å². The minimum absolute atomic E-state index is 0.156. The number of benzene rings is 1. The van der Waals surface area contributed by atoms with E-state index in [4.69, 9.17) is 26.6 Å². The number of methoxy groups -OCH3 is 1. The van der Waals surface area contributed by atoms with Crippen LogP contribution in [0.4, 0.5) is 5.82 Å². The lowest BCUT2D eigenvalue weighted by molar-refractivity contribution is 0.0997. The fourth-order valence-electron chi connectivity index (χ4n) is 2.88. The van der Waals surface area contributed by atoms with E-state index in [-0.39, 0.29) is 4.90 Å². The van der Waals surface area contributed by atoms with Crippen molar-refractivity contribution in [3.05, 3.63) is 47.1 Å². The number of anilines is 1. The zero-order chi connectivity index (χ0) is 21.4. The Kier molecular flexibility index (Phi) is 8.24. The summed E-state index contributed by atoms with van der Waals surface area (Å²) >= 11 is 5.67. The minimum Gasteiger partial charge on any atom is -0.496 e. The zero-order valence-corrected chi connectivity index (χ0v) is 17.6. The minimum atomic E-state index is -4.14. The van der Waals surface area contributed by atoms with Gasteiger partial charge in [-0.25, -0.2) is 4.98 Å². The topological polar surface area (TPSA) is 123 Å². The standard InChI is InChI=1S/C11H16N2O3S.C8H8ClNO2/c14-17(15,16)10-5-6-11(12-9-10)13-7-3-1-2-4-8-13;1-12-7-4-5(9)2-3-6(7)8(10)11/h5-6,9H,1-4,7-8H2,(H,14,15,16);2-4H,1H3,(H2,10,11). The van der Waals surface area contributed by atoms with Gasteiger partial charge in [0.2, 0.25) is 0 Å². The van der Waals surface area contributed by atoms with E-state index < -0.39 is 16.0 Å². The third-order valence-corrected chi connectivity index (χ3v) is 5.45. The first-order valence-electron chi connectivity index (χ1n) is 9.04. The van der Waals surface area contributed by atoms with E-state index in [1.807, 2.05) is 0 Å². The second-order valence-corrected chi connectivity index (χ2v) is 8.30. The molecule has 0 saturated carbocycles. The average molecular weight is 442 g/mol. The van der Waals surface area contributed by atoms with Crippen LogP contribution < -0.4 is 15.4 Å². The van der Waals surface area contributed by atoms with Gasteiger partial charge in [0.25, 0.3) is 16.0 Å². The van der Waals surface area contributed by atoms with Crippen LogP contribution in [-0.4, -0.2) is 44.1 Å². The summed E-state index contributed by atoms with van der Waals surface area (Å²) in [4.78, 5) is 16.9. The molecule has 3 N–H and O–H groups in total. The highest BCUT2D eigenvalue weighted by molar-refractivity contribution is 7.85. The molecule has 1 aliphatic rings. The number of hydrogen-bond acceptors (Lipinski definition) is 6. The molecule has 0 atom stereocenters. The molecule has 1 saturated heterocycles. The number of ether oxygens (including phenoxy) is 1. The quantitative estimate of drug-likeness (QED) is 0.698. The first kappa shape index (κ1) is 22.9. The fourth-order valence-corrected chi connectivity index (χ4v) is 3.47. The summed E-state index contributed by atoms with van der Waals surface area (Å²) in [5.41, 5.74) is 5.41. The van der Waals surface area contributed by atoms with E-state index in [9.17, 15) is 13.2 Å². The smallest absolute Gasteiger partial charge is 0.296 e. The maximum absolute atomic E-state index is 10.9. The van der Waals surface area contributed by atoms with Crippen LogP contribution in [0, 0.1) is 0 Å². The van der Waals surface area contributed by atoms with Gasteiger partial charge in [-0.3, -0.25) is 9.35 Å². The van der Waals surface area contributed by atoms with Crippen LogP contribution in [0.25, 0.3) is 0 Å². The predicted molar refractivity (Wildman–Crippen MR) is 111 cm³/mol. The van der Waals surface area contributed by atoms with Crippen molar-refractivity contribution in [2.45, 2.75) is 30.6 Å². The number of primary amides is 1. The molecule has 0 aliphatic carbocycles. The van der Waals surface area contributed by atoms with Crippen molar-refractivity contribution in [2.75, 3.05) is 25.1 Å². The molecule has 2 aromatic rings. The Morgan fingerprint density at radius 2 is 1.83 bits per heavy atom. The predicted octanol–water partition coefficient (Wildman–Crippen LogP) is 3.16. The van der Waals surface area contributed by atoms with Gasteiger partial charge in [0.15, 0.2) is 0 Å². The number of aromatic nitrogens is 1. The second-order valence-electron chi connectivity index (χ2n) is 6.44. The number of amides is 1. The van der Waals surface area contributed by atoms with Gasteiger partial charge in [0, 0.05) is 18.1 Å². The SMILES string of the molecule is COc1cc(Cl)ccc1C(N)=O.O=S(=O)(O)c1ccc(N2CCCCCC2)nc1. The molecule has 1 fully saturated rings. The molecule has 0 spiro atoms. The van der Waals surface area contributed by atoms with Gasteiger partial charge in [-0.1, -0.05) is 24.4 Å². The molecule has 0 unspecified atom stereocenters. The van der Waals surface area contributed by atoms with Crippen molar-refractivity contribution in [2.24, 2.45) is 5.73 Å². The van der Waals surface area contributed by atoms with Gasteiger partial charge in [-0.05, 0) is 43.2 Å². The summed E-state index contributed by atoms with van der Waals surface area (Å²) in [6, 6.07) is 7.70. The van der Waals surface area contributed by atoms with E-state index in [0.29, 0.717) is 16.3 Å². The number of nitrogens with two attached hydrogens (primary N) is 1. The number of rotatable bonds is 4. The Labute approximate surface area is 175 Å². The molecule has 2 heterocycles. The molecule has 1 aliphatic heterocycles. The van der Waals surface area contributed by atoms with Crippen molar-refractivity contribution in [3.63, 3.8) is 0 Å². The van der Waals surface area contributed by atoms with Crippen LogP contribution in [0.15, 0.2) is 41.4 Å². The van der Waals surface area contributed by atoms with E-state index in [1.165, 1.54) is 38.3 Å². The summed E-state index contributed by atoms with van der Waals surface area (Å²) in [6.07, 6.45) is 5.96. The van der Waals surface area contributed by atoms with Gasteiger partial charge >= 0.3 is 0 Å². The van der Waals surface area contributed by atoms with Crippen molar-refractivity contribution in [3.8, 4) is 5.75 Å². The van der Waals surface area contributed by atoms with Gasteiger partial charge in [-0.15, -0.1) is 0 Å². The lowest BCUT2D eigenvalue weighted by atomic mass is 10.2. The number of nitrogens with zero attached hydrogens (tertiary/aromatic N) is 2. The number of hydrogen-bond donors (Lipinski definition) is 2. The highest BCUT2D eigenvalue weighted by Gasteiger charge is 2.14. The lowest BCUT2D eigenvalue weighted by Crippen LogP contribution is -2.24. The zero-order valence-electron chi connectivity index (χ0n) is 16.0. The largest absolute Gasteiger partial charge is 0.496 e. The normalized spacial score (nSPS) is 14.4. The summed E-state index contributed by atoms with van der Waals surface area (Å²) in [5, 5.41) is 0.511. The molecular weight excluding hydrogens is 418 g/mol. The maximum Gasteiger partial charge on any atom is 0.296 e. The summed E-state index contributed by atoms with van der Waals surface area (Å²) in [6.45, 7) is 1.91. The van der Waals surface area contributed by atoms with E-state index in [2.05, 4.69) is 9.88 Å². The molecule has 158 valence electrons. The van der Waals surface area contributed by atoms with E-state index in [0.717, 1.165) is 31.7 Å². The highest BCUT2D eigenvalue weighted by atomic mass is 35.5. The van der Waals surface area contributed by atoms with Crippen molar-refractivity contribution in [1.82, 2.24) is 4.98 Å². The van der Waals surface area contributed by atoms with Crippen LogP contribution >= 0.6 is 11.6 Å². The fraction of sp³-hybridized carbons (Fsp3) is 0.368. The Bertz CT molecular complexity index is 927. The Balaban J connectivity index is 0.000000221. The van der Waals surface area contributed by atoms with Crippen LogP contribution in [0.1, 0.15) is 36.0 Å². The Morgan fingerprint density at radius 1 is 1.17 bits per heavy atom. The van der Waals surface area contributed by atoms with Crippen LogP contribution in [0.5, 0.6) is 5.75 Å². The maximum atomic E-state index is 10.9. The molecule has 1 aromatic heterocycles. The Morgan fingerprint density at radius 3 is 2.31 bits per heavy atom. The number of carbonyl (C=O) groups excluding carboxylic acids is 1. The van der Waals surface area contributed by atoms with Crippen molar-refractivity contribution < 1.29 is 22.5 Å². The Hall–Kier alpha value is -2.36. The molecule has 1 amide bonds. The van der Waals surface area contributed by atoms with Gasteiger partial charge in [-0.2, -0.15) is 8.42 Å². The number of pyridine rings is 1. The summed E-state index contributed by atoms with van der Waals surface area (Å²) in [7, 11) is -2.68. The second kappa shape index (κ2) is 10.4. The van der Waals surface area contributed by atoms with Crippen LogP contribution in [0.3, 0.4) is 0 Å². The molecular formula is C19H24ClN3O5S. The van der Waals surface area contributed by atoms with Crippen molar-refractivity contribution >= 4 is 33.4 Å². The number of halogens is 1. The van der Waals surface area contributed by atoms with E-state index >= 15 is 0 Å². The first-order valence-corrected chi connectivity index (χ1v) is 10.9. The highest BCUT2D eigenvalue weighted by Crippen LogP contribution is 2.22. The molecule has 1 aromatic carbocycles. The van der Waals surface area contributed by atoms with E-state index in [1.54, 1.807) is 18.2 Å². The van der Waals surface area contributed by atoms with Gasteiger partial charge in [0.1, 0.15) is 16.5 Å². The van der Waals surface area contributed by atoms with Crippen molar-refractivity contribution in [1.29, 1.82) is 0 Å². The molecule has 29 heavy (non-hydrogen) atoms. The molecule has 10 heteroatoms.